The van der Waals surface area contributed by atoms with Gasteiger partial charge < -0.3 is 15.1 Å². The van der Waals surface area contributed by atoms with Crippen molar-refractivity contribution in [3.05, 3.63) is 53.9 Å². The van der Waals surface area contributed by atoms with E-state index in [9.17, 15) is 4.79 Å². The molecule has 1 amide bonds. The second-order valence-corrected chi connectivity index (χ2v) is 8.74. The fraction of sp³-hybridized carbons (Fsp3) is 0.545. The van der Waals surface area contributed by atoms with Crippen LogP contribution in [0.15, 0.2) is 42.6 Å². The van der Waals surface area contributed by atoms with Crippen LogP contribution >= 0.6 is 0 Å². The summed E-state index contributed by atoms with van der Waals surface area (Å²) in [5, 5.41) is 7.69. The Morgan fingerprint density at radius 1 is 1.14 bits per heavy atom. The maximum absolute atomic E-state index is 12.9. The van der Waals surface area contributed by atoms with Gasteiger partial charge in [-0.2, -0.15) is 5.10 Å². The Kier molecular flexibility index (Phi) is 4.48. The van der Waals surface area contributed by atoms with Gasteiger partial charge in [0.15, 0.2) is 0 Å². The van der Waals surface area contributed by atoms with Crippen molar-refractivity contribution in [1.29, 1.82) is 0 Å². The molecule has 0 saturated carbocycles. The SMILES string of the molecule is Cn1nccc1CCC(=O)N[C@H]1C2CN3CCN(C2)CC1(c1ccccc1)C3. The molecule has 6 rings (SSSR count). The van der Waals surface area contributed by atoms with Gasteiger partial charge in [-0.1, -0.05) is 30.3 Å². The van der Waals surface area contributed by atoms with Crippen molar-refractivity contribution in [3.8, 4) is 0 Å². The number of nitrogens with one attached hydrogen (secondary N) is 1. The van der Waals surface area contributed by atoms with Crippen molar-refractivity contribution in [2.45, 2.75) is 24.3 Å². The molecule has 4 saturated heterocycles. The first kappa shape index (κ1) is 17.9. The molecule has 4 bridgehead atoms. The summed E-state index contributed by atoms with van der Waals surface area (Å²) in [6.45, 7) is 6.56. The van der Waals surface area contributed by atoms with Crippen LogP contribution in [-0.2, 0) is 23.7 Å². The van der Waals surface area contributed by atoms with E-state index in [1.165, 1.54) is 5.56 Å². The third kappa shape index (κ3) is 3.05. The lowest BCUT2D eigenvalue weighted by Crippen LogP contribution is -2.70. The number of rotatable bonds is 5. The van der Waals surface area contributed by atoms with Gasteiger partial charge in [0.05, 0.1) is 0 Å². The molecule has 148 valence electrons. The van der Waals surface area contributed by atoms with Crippen molar-refractivity contribution in [1.82, 2.24) is 24.9 Å². The first-order chi connectivity index (χ1) is 13.6. The van der Waals surface area contributed by atoms with Crippen molar-refractivity contribution >= 4 is 5.91 Å². The van der Waals surface area contributed by atoms with Crippen molar-refractivity contribution in [2.24, 2.45) is 13.0 Å². The largest absolute Gasteiger partial charge is 0.352 e. The first-order valence-electron chi connectivity index (χ1n) is 10.4. The third-order valence-electron chi connectivity index (χ3n) is 6.99. The van der Waals surface area contributed by atoms with Crippen LogP contribution in [0.2, 0.25) is 0 Å². The summed E-state index contributed by atoms with van der Waals surface area (Å²) in [7, 11) is 1.93. The average molecular weight is 380 g/mol. The van der Waals surface area contributed by atoms with E-state index in [2.05, 4.69) is 50.5 Å². The predicted molar refractivity (Wildman–Crippen MR) is 108 cm³/mol. The van der Waals surface area contributed by atoms with Gasteiger partial charge in [0.2, 0.25) is 5.91 Å². The molecule has 28 heavy (non-hydrogen) atoms. The van der Waals surface area contributed by atoms with Crippen LogP contribution in [-0.4, -0.2) is 70.8 Å². The van der Waals surface area contributed by atoms with E-state index in [1.54, 1.807) is 6.20 Å². The smallest absolute Gasteiger partial charge is 0.220 e. The molecule has 4 aliphatic rings. The second-order valence-electron chi connectivity index (χ2n) is 8.74. The molecule has 6 nitrogen and oxygen atoms in total. The Hall–Kier alpha value is -2.18. The van der Waals surface area contributed by atoms with Gasteiger partial charge in [0.25, 0.3) is 0 Å². The summed E-state index contributed by atoms with van der Waals surface area (Å²) in [6, 6.07) is 13.1. The molecule has 0 spiro atoms. The van der Waals surface area contributed by atoms with Crippen LogP contribution in [0.3, 0.4) is 0 Å². The molecule has 2 aromatic rings. The lowest BCUT2D eigenvalue weighted by Gasteiger charge is -2.55. The van der Waals surface area contributed by atoms with Gasteiger partial charge in [0, 0.05) is 82.0 Å². The molecule has 3 atom stereocenters. The standard InChI is InChI=1S/C22H29N5O/c1-25-19(9-10-23-25)7-8-20(28)24-21-17-13-26-11-12-27(14-17)16-22(21,15-26)18-5-3-2-4-6-18/h2-6,9-10,17,21H,7-8,11-16H2,1H3,(H,24,28)/t17?,21-,22?/m0/s1. The minimum absolute atomic E-state index is 0.0128. The van der Waals surface area contributed by atoms with Crippen LogP contribution in [0, 0.1) is 5.92 Å². The number of aryl methyl sites for hydroxylation is 2. The van der Waals surface area contributed by atoms with E-state index in [4.69, 9.17) is 0 Å². The second kappa shape index (κ2) is 7.01. The zero-order chi connectivity index (χ0) is 19.1. The summed E-state index contributed by atoms with van der Waals surface area (Å²) in [5.41, 5.74) is 2.46. The fourth-order valence-corrected chi connectivity index (χ4v) is 5.70. The topological polar surface area (TPSA) is 53.4 Å². The average Bonchev–Trinajstić information content (AvgIpc) is 2.94. The van der Waals surface area contributed by atoms with Gasteiger partial charge in [-0.15, -0.1) is 0 Å². The maximum Gasteiger partial charge on any atom is 0.220 e. The number of amides is 1. The van der Waals surface area contributed by atoms with Crippen molar-refractivity contribution < 1.29 is 4.79 Å². The summed E-state index contributed by atoms with van der Waals surface area (Å²) < 4.78 is 1.85. The number of carbonyl (C=O) groups excluding carboxylic acids is 1. The van der Waals surface area contributed by atoms with Crippen LogP contribution < -0.4 is 5.32 Å². The summed E-state index contributed by atoms with van der Waals surface area (Å²) in [4.78, 5) is 18.2. The molecule has 6 heteroatoms. The third-order valence-corrected chi connectivity index (χ3v) is 6.99. The van der Waals surface area contributed by atoms with Gasteiger partial charge in [-0.3, -0.25) is 9.48 Å². The Morgan fingerprint density at radius 3 is 2.50 bits per heavy atom. The number of carbonyl (C=O) groups is 1. The Morgan fingerprint density at radius 2 is 1.86 bits per heavy atom. The Bertz CT molecular complexity index is 832. The van der Waals surface area contributed by atoms with Crippen LogP contribution in [0.25, 0.3) is 0 Å². The highest BCUT2D eigenvalue weighted by molar-refractivity contribution is 5.77. The predicted octanol–water partition coefficient (Wildman–Crippen LogP) is 1.04. The zero-order valence-electron chi connectivity index (χ0n) is 16.6. The first-order valence-corrected chi connectivity index (χ1v) is 10.4. The number of benzene rings is 1. The highest BCUT2D eigenvalue weighted by Gasteiger charge is 2.55. The minimum atomic E-state index is -0.0128. The molecule has 0 aliphatic carbocycles. The van der Waals surface area contributed by atoms with Gasteiger partial charge in [-0.05, 0) is 18.1 Å². The van der Waals surface area contributed by atoms with E-state index in [0.29, 0.717) is 12.3 Å². The monoisotopic (exact) mass is 379 g/mol. The van der Waals surface area contributed by atoms with Crippen LogP contribution in [0.5, 0.6) is 0 Å². The normalized spacial score (nSPS) is 33.6. The van der Waals surface area contributed by atoms with Gasteiger partial charge in [0.1, 0.15) is 0 Å². The summed E-state index contributed by atoms with van der Waals surface area (Å²) in [5.74, 6) is 0.656. The molecule has 1 N–H and O–H groups in total. The van der Waals surface area contributed by atoms with E-state index in [0.717, 1.165) is 51.4 Å². The highest BCUT2D eigenvalue weighted by Crippen LogP contribution is 2.43. The fourth-order valence-electron chi connectivity index (χ4n) is 5.70. The van der Waals surface area contributed by atoms with Gasteiger partial charge >= 0.3 is 0 Å². The summed E-state index contributed by atoms with van der Waals surface area (Å²) >= 11 is 0. The van der Waals surface area contributed by atoms with Crippen LogP contribution in [0.4, 0.5) is 0 Å². The molecule has 1 aromatic carbocycles. The van der Waals surface area contributed by atoms with E-state index in [1.807, 2.05) is 17.8 Å². The molecule has 0 radical (unpaired) electrons. The maximum atomic E-state index is 12.9. The number of hydrogen-bond donors (Lipinski definition) is 1. The lowest BCUT2D eigenvalue weighted by molar-refractivity contribution is -0.124. The number of hydrogen-bond acceptors (Lipinski definition) is 4. The molecular formula is C22H29N5O. The summed E-state index contributed by atoms with van der Waals surface area (Å²) in [6.07, 6.45) is 3.04. The van der Waals surface area contributed by atoms with Crippen molar-refractivity contribution in [3.63, 3.8) is 0 Å². The molecule has 2 unspecified atom stereocenters. The number of nitrogens with zero attached hydrogens (tertiary/aromatic N) is 4. The Balaban J connectivity index is 1.39. The molecule has 4 aliphatic heterocycles. The molecule has 1 aromatic heterocycles. The Labute approximate surface area is 166 Å². The zero-order valence-corrected chi connectivity index (χ0v) is 16.6. The van der Waals surface area contributed by atoms with Crippen LogP contribution in [0.1, 0.15) is 17.7 Å². The quantitative estimate of drug-likeness (QED) is 0.843. The lowest BCUT2D eigenvalue weighted by atomic mass is 9.64. The number of piperidine rings is 2. The van der Waals surface area contributed by atoms with Crippen molar-refractivity contribution in [2.75, 3.05) is 39.3 Å². The van der Waals surface area contributed by atoms with Gasteiger partial charge in [-0.25, -0.2) is 0 Å². The van der Waals surface area contributed by atoms with E-state index < -0.39 is 0 Å². The van der Waals surface area contributed by atoms with E-state index in [-0.39, 0.29) is 17.4 Å². The molecule has 4 fully saturated rings. The minimum Gasteiger partial charge on any atom is -0.352 e. The highest BCUT2D eigenvalue weighted by atomic mass is 16.1. The molecule has 5 heterocycles. The number of fused-ring (bicyclic) bond motifs is 1. The van der Waals surface area contributed by atoms with E-state index >= 15 is 0 Å². The number of aromatic nitrogens is 2. The molecular weight excluding hydrogens is 350 g/mol.